The Labute approximate surface area is 154 Å². The van der Waals surface area contributed by atoms with Crippen molar-refractivity contribution in [2.75, 3.05) is 11.9 Å². The summed E-state index contributed by atoms with van der Waals surface area (Å²) in [5.41, 5.74) is 1.87. The van der Waals surface area contributed by atoms with Gasteiger partial charge in [-0.15, -0.1) is 0 Å². The highest BCUT2D eigenvalue weighted by atomic mass is 79.9. The first-order valence-corrected chi connectivity index (χ1v) is 9.06. The predicted octanol–water partition coefficient (Wildman–Crippen LogP) is 4.03. The second-order valence-corrected chi connectivity index (χ2v) is 6.90. The smallest absolute Gasteiger partial charge is 0.161 e. The highest BCUT2D eigenvalue weighted by molar-refractivity contribution is 9.10. The van der Waals surface area contributed by atoms with Crippen LogP contribution in [0.2, 0.25) is 0 Å². The highest BCUT2D eigenvalue weighted by Crippen LogP contribution is 2.21. The minimum Gasteiger partial charge on any atom is -0.376 e. The standard InChI is InChI=1S/C18H18BrN5O/c19-14-5-3-13(4-6-14)18-20-8-7-17(23-18)22-15-10-21-24(11-15)12-16-2-1-9-25-16/h3-8,10-11,16H,1-2,9,12H2,(H,20,22,23). The van der Waals surface area contributed by atoms with E-state index in [4.69, 9.17) is 4.74 Å². The van der Waals surface area contributed by atoms with E-state index in [0.29, 0.717) is 5.82 Å². The van der Waals surface area contributed by atoms with Crippen molar-refractivity contribution in [1.82, 2.24) is 19.7 Å². The van der Waals surface area contributed by atoms with Crippen molar-refractivity contribution in [3.05, 3.63) is 53.4 Å². The van der Waals surface area contributed by atoms with Gasteiger partial charge in [0.05, 0.1) is 24.5 Å². The van der Waals surface area contributed by atoms with Crippen molar-refractivity contribution in [3.63, 3.8) is 0 Å². The van der Waals surface area contributed by atoms with Gasteiger partial charge in [0.2, 0.25) is 0 Å². The summed E-state index contributed by atoms with van der Waals surface area (Å²) >= 11 is 3.44. The van der Waals surface area contributed by atoms with Crippen LogP contribution < -0.4 is 5.32 Å². The molecular weight excluding hydrogens is 382 g/mol. The van der Waals surface area contributed by atoms with Crippen molar-refractivity contribution in [2.24, 2.45) is 0 Å². The summed E-state index contributed by atoms with van der Waals surface area (Å²) in [6.07, 6.45) is 8.04. The zero-order chi connectivity index (χ0) is 17.1. The molecule has 6 nitrogen and oxygen atoms in total. The van der Waals surface area contributed by atoms with Crippen LogP contribution in [0.1, 0.15) is 12.8 Å². The Hall–Kier alpha value is -2.25. The van der Waals surface area contributed by atoms with Gasteiger partial charge in [0.15, 0.2) is 5.82 Å². The molecule has 25 heavy (non-hydrogen) atoms. The van der Waals surface area contributed by atoms with E-state index in [0.717, 1.165) is 47.5 Å². The summed E-state index contributed by atoms with van der Waals surface area (Å²) in [5, 5.41) is 7.68. The highest BCUT2D eigenvalue weighted by Gasteiger charge is 2.16. The molecular formula is C18H18BrN5O. The molecule has 3 aromatic rings. The molecule has 1 aromatic carbocycles. The lowest BCUT2D eigenvalue weighted by Crippen LogP contribution is -2.15. The largest absolute Gasteiger partial charge is 0.376 e. The van der Waals surface area contributed by atoms with Crippen molar-refractivity contribution in [3.8, 4) is 11.4 Å². The molecule has 0 radical (unpaired) electrons. The monoisotopic (exact) mass is 399 g/mol. The molecule has 1 N–H and O–H groups in total. The number of ether oxygens (including phenoxy) is 1. The van der Waals surface area contributed by atoms with Crippen LogP contribution in [0.5, 0.6) is 0 Å². The minimum atomic E-state index is 0.274. The second kappa shape index (κ2) is 7.33. The Morgan fingerprint density at radius 1 is 1.24 bits per heavy atom. The third kappa shape index (κ3) is 4.05. The third-order valence-corrected chi connectivity index (χ3v) is 4.61. The van der Waals surface area contributed by atoms with Crippen LogP contribution in [0.15, 0.2) is 53.4 Å². The molecule has 0 aliphatic carbocycles. The number of nitrogens with zero attached hydrogens (tertiary/aromatic N) is 4. The van der Waals surface area contributed by atoms with E-state index in [1.807, 2.05) is 41.2 Å². The van der Waals surface area contributed by atoms with Crippen molar-refractivity contribution in [1.29, 1.82) is 0 Å². The van der Waals surface area contributed by atoms with Gasteiger partial charge in [-0.2, -0.15) is 5.10 Å². The van der Waals surface area contributed by atoms with E-state index in [9.17, 15) is 0 Å². The molecule has 1 saturated heterocycles. The maximum absolute atomic E-state index is 5.65. The average molecular weight is 400 g/mol. The molecule has 3 heterocycles. The van der Waals surface area contributed by atoms with E-state index in [1.165, 1.54) is 0 Å². The molecule has 128 valence electrons. The molecule has 0 amide bonds. The summed E-state index contributed by atoms with van der Waals surface area (Å²) in [6.45, 7) is 1.65. The van der Waals surface area contributed by atoms with Crippen molar-refractivity contribution >= 4 is 27.4 Å². The zero-order valence-electron chi connectivity index (χ0n) is 13.6. The normalized spacial score (nSPS) is 16.9. The Bertz CT molecular complexity index is 843. The topological polar surface area (TPSA) is 64.9 Å². The van der Waals surface area contributed by atoms with Gasteiger partial charge in [-0.3, -0.25) is 4.68 Å². The molecule has 1 aliphatic rings. The number of hydrogen-bond acceptors (Lipinski definition) is 5. The summed E-state index contributed by atoms with van der Waals surface area (Å²) in [7, 11) is 0. The van der Waals surface area contributed by atoms with Crippen LogP contribution in [0.4, 0.5) is 11.5 Å². The van der Waals surface area contributed by atoms with Crippen LogP contribution in [-0.2, 0) is 11.3 Å². The molecule has 0 bridgehead atoms. The van der Waals surface area contributed by atoms with E-state index in [-0.39, 0.29) is 6.10 Å². The van der Waals surface area contributed by atoms with Gasteiger partial charge in [-0.25, -0.2) is 9.97 Å². The summed E-state index contributed by atoms with van der Waals surface area (Å²) in [4.78, 5) is 8.93. The van der Waals surface area contributed by atoms with E-state index >= 15 is 0 Å². The molecule has 4 rings (SSSR count). The van der Waals surface area contributed by atoms with Gasteiger partial charge in [0.25, 0.3) is 0 Å². The molecule has 1 unspecified atom stereocenters. The lowest BCUT2D eigenvalue weighted by Gasteiger charge is -2.08. The number of hydrogen-bond donors (Lipinski definition) is 1. The number of nitrogens with one attached hydrogen (secondary N) is 1. The zero-order valence-corrected chi connectivity index (χ0v) is 15.2. The number of halogens is 1. The van der Waals surface area contributed by atoms with Gasteiger partial charge >= 0.3 is 0 Å². The SMILES string of the molecule is Brc1ccc(-c2nccc(Nc3cnn(CC4CCCO4)c3)n2)cc1. The Morgan fingerprint density at radius 2 is 2.12 bits per heavy atom. The summed E-state index contributed by atoms with van der Waals surface area (Å²) < 4.78 is 8.60. The van der Waals surface area contributed by atoms with E-state index < -0.39 is 0 Å². The number of benzene rings is 1. The Balaban J connectivity index is 1.46. The fraction of sp³-hybridized carbons (Fsp3) is 0.278. The quantitative estimate of drug-likeness (QED) is 0.701. The molecule has 1 aliphatic heterocycles. The Kier molecular flexibility index (Phi) is 4.76. The fourth-order valence-corrected chi connectivity index (χ4v) is 3.10. The van der Waals surface area contributed by atoms with Crippen LogP contribution in [0.25, 0.3) is 11.4 Å². The first-order valence-electron chi connectivity index (χ1n) is 8.26. The summed E-state index contributed by atoms with van der Waals surface area (Å²) in [6, 6.07) is 9.78. The predicted molar refractivity (Wildman–Crippen MR) is 99.7 cm³/mol. The van der Waals surface area contributed by atoms with Crippen LogP contribution >= 0.6 is 15.9 Å². The first kappa shape index (κ1) is 16.2. The Morgan fingerprint density at radius 3 is 2.92 bits per heavy atom. The van der Waals surface area contributed by atoms with Crippen LogP contribution in [-0.4, -0.2) is 32.5 Å². The van der Waals surface area contributed by atoms with Gasteiger partial charge in [-0.05, 0) is 31.0 Å². The van der Waals surface area contributed by atoms with Gasteiger partial charge in [0, 0.05) is 29.0 Å². The maximum Gasteiger partial charge on any atom is 0.161 e. The average Bonchev–Trinajstić information content (AvgIpc) is 3.28. The van der Waals surface area contributed by atoms with Gasteiger partial charge < -0.3 is 10.1 Å². The molecule has 1 atom stereocenters. The van der Waals surface area contributed by atoms with Crippen LogP contribution in [0.3, 0.4) is 0 Å². The molecule has 2 aromatic heterocycles. The van der Waals surface area contributed by atoms with Crippen LogP contribution in [0, 0.1) is 0 Å². The second-order valence-electron chi connectivity index (χ2n) is 5.98. The fourth-order valence-electron chi connectivity index (χ4n) is 2.84. The van der Waals surface area contributed by atoms with Gasteiger partial charge in [-0.1, -0.05) is 28.1 Å². The minimum absolute atomic E-state index is 0.274. The third-order valence-electron chi connectivity index (χ3n) is 4.08. The maximum atomic E-state index is 5.65. The summed E-state index contributed by atoms with van der Waals surface area (Å²) in [5.74, 6) is 1.42. The number of rotatable bonds is 5. The van der Waals surface area contributed by atoms with E-state index in [1.54, 1.807) is 12.4 Å². The van der Waals surface area contributed by atoms with Crippen molar-refractivity contribution in [2.45, 2.75) is 25.5 Å². The van der Waals surface area contributed by atoms with Gasteiger partial charge in [0.1, 0.15) is 5.82 Å². The molecule has 1 fully saturated rings. The molecule has 7 heteroatoms. The lowest BCUT2D eigenvalue weighted by molar-refractivity contribution is 0.0940. The van der Waals surface area contributed by atoms with E-state index in [2.05, 4.69) is 36.3 Å². The van der Waals surface area contributed by atoms with Crippen molar-refractivity contribution < 1.29 is 4.74 Å². The first-order chi connectivity index (χ1) is 12.3. The number of aromatic nitrogens is 4. The lowest BCUT2D eigenvalue weighted by atomic mass is 10.2. The number of anilines is 2. The molecule has 0 saturated carbocycles. The molecule has 0 spiro atoms.